The predicted molar refractivity (Wildman–Crippen MR) is 128 cm³/mol. The monoisotopic (exact) mass is 449 g/mol. The summed E-state index contributed by atoms with van der Waals surface area (Å²) in [6.07, 6.45) is 11.4. The van der Waals surface area contributed by atoms with Crippen LogP contribution in [0.2, 0.25) is 0 Å². The molecule has 0 spiro atoms. The molecule has 178 valence electrons. The van der Waals surface area contributed by atoms with Crippen LogP contribution in [0.5, 0.6) is 0 Å². The maximum absolute atomic E-state index is 13.6. The number of carbonyl (C=O) groups excluding carboxylic acids is 1. The highest BCUT2D eigenvalue weighted by molar-refractivity contribution is 5.84. The van der Waals surface area contributed by atoms with Crippen LogP contribution in [0.1, 0.15) is 78.1 Å². The number of aliphatic hydroxyl groups is 1. The molecule has 0 aliphatic heterocycles. The minimum Gasteiger partial charge on any atom is -0.390 e. The number of carbonyl (C=O) groups is 1. The molecule has 0 amide bonds. The Hall–Kier alpha value is -1.75. The van der Waals surface area contributed by atoms with Crippen LogP contribution in [0.3, 0.4) is 0 Å². The summed E-state index contributed by atoms with van der Waals surface area (Å²) in [5, 5.41) is 19.5. The summed E-state index contributed by atoms with van der Waals surface area (Å²) in [7, 11) is 0. The maximum atomic E-state index is 13.6. The maximum Gasteiger partial charge on any atom is 0.157 e. The highest BCUT2D eigenvalue weighted by Gasteiger charge is 2.58. The van der Waals surface area contributed by atoms with Crippen molar-refractivity contribution in [1.82, 2.24) is 15.0 Å². The van der Waals surface area contributed by atoms with Gasteiger partial charge in [0.25, 0.3) is 0 Å². The van der Waals surface area contributed by atoms with Gasteiger partial charge in [-0.2, -0.15) is 0 Å². The number of benzene rings is 1. The second-order valence-electron chi connectivity index (χ2n) is 12.1. The van der Waals surface area contributed by atoms with Gasteiger partial charge in [0.2, 0.25) is 0 Å². The molecule has 4 aliphatic rings. The fourth-order valence-electron chi connectivity index (χ4n) is 9.10. The van der Waals surface area contributed by atoms with E-state index in [1.165, 1.54) is 38.5 Å². The van der Waals surface area contributed by atoms with Crippen molar-refractivity contribution in [3.8, 4) is 0 Å². The molecule has 4 aliphatic carbocycles. The fraction of sp³-hybridized carbons (Fsp3) is 0.750. The minimum atomic E-state index is -0.409. The Bertz CT molecular complexity index is 1050. The summed E-state index contributed by atoms with van der Waals surface area (Å²) in [5.41, 5.74) is 1.55. The first-order chi connectivity index (χ1) is 15.9. The van der Waals surface area contributed by atoms with Crippen LogP contribution in [-0.2, 0) is 11.3 Å². The smallest absolute Gasteiger partial charge is 0.157 e. The van der Waals surface area contributed by atoms with Crippen LogP contribution in [0.15, 0.2) is 24.3 Å². The second kappa shape index (κ2) is 7.90. The Labute approximate surface area is 197 Å². The van der Waals surface area contributed by atoms with Crippen LogP contribution >= 0.6 is 0 Å². The average molecular weight is 450 g/mol. The zero-order chi connectivity index (χ0) is 22.8. The summed E-state index contributed by atoms with van der Waals surface area (Å²) in [6, 6.07) is 7.92. The number of aromatic nitrogens is 3. The lowest BCUT2D eigenvalue weighted by Gasteiger charge is -2.57. The van der Waals surface area contributed by atoms with Gasteiger partial charge in [0.15, 0.2) is 5.78 Å². The SMILES string of the molecule is CC[C@@]1(O)CC[C@@H]2[C@@H](CCC3[C@@H]2CC[C@]2(C)[C@@H](C(=O)Cn4nnc5ccccc54)CC[C@@H]32)C1. The van der Waals surface area contributed by atoms with E-state index in [2.05, 4.69) is 24.2 Å². The van der Waals surface area contributed by atoms with Gasteiger partial charge < -0.3 is 5.11 Å². The molecule has 4 fully saturated rings. The molecule has 1 heterocycles. The Morgan fingerprint density at radius 3 is 2.73 bits per heavy atom. The van der Waals surface area contributed by atoms with E-state index in [1.807, 2.05) is 28.9 Å². The number of ketones is 1. The number of rotatable bonds is 4. The van der Waals surface area contributed by atoms with Gasteiger partial charge in [0.1, 0.15) is 12.1 Å². The Morgan fingerprint density at radius 2 is 1.88 bits per heavy atom. The second-order valence-corrected chi connectivity index (χ2v) is 12.1. The third-order valence-electron chi connectivity index (χ3n) is 10.9. The highest BCUT2D eigenvalue weighted by atomic mass is 16.3. The Balaban J connectivity index is 1.19. The third-order valence-corrected chi connectivity index (χ3v) is 10.9. The van der Waals surface area contributed by atoms with Crippen molar-refractivity contribution in [3.05, 3.63) is 24.3 Å². The first kappa shape index (κ1) is 21.8. The molecule has 8 atom stereocenters. The first-order valence-electron chi connectivity index (χ1n) is 13.5. The predicted octanol–water partition coefficient (Wildman–Crippen LogP) is 5.41. The lowest BCUT2D eigenvalue weighted by molar-refractivity contribution is -0.133. The fourth-order valence-corrected chi connectivity index (χ4v) is 9.10. The molecule has 1 N–H and O–H groups in total. The molecule has 5 heteroatoms. The van der Waals surface area contributed by atoms with Crippen molar-refractivity contribution in [3.63, 3.8) is 0 Å². The molecule has 1 aromatic heterocycles. The van der Waals surface area contributed by atoms with E-state index in [0.29, 0.717) is 24.2 Å². The summed E-state index contributed by atoms with van der Waals surface area (Å²) < 4.78 is 1.81. The van der Waals surface area contributed by atoms with Crippen LogP contribution < -0.4 is 0 Å². The van der Waals surface area contributed by atoms with Crippen molar-refractivity contribution in [2.75, 3.05) is 0 Å². The van der Waals surface area contributed by atoms with E-state index in [-0.39, 0.29) is 11.3 Å². The zero-order valence-electron chi connectivity index (χ0n) is 20.2. The highest BCUT2D eigenvalue weighted by Crippen LogP contribution is 2.64. The van der Waals surface area contributed by atoms with Crippen molar-refractivity contribution in [2.45, 2.75) is 90.2 Å². The lowest BCUT2D eigenvalue weighted by atomic mass is 9.48. The molecule has 0 bridgehead atoms. The quantitative estimate of drug-likeness (QED) is 0.678. The average Bonchev–Trinajstić information content (AvgIpc) is 3.39. The van der Waals surface area contributed by atoms with Gasteiger partial charge >= 0.3 is 0 Å². The summed E-state index contributed by atoms with van der Waals surface area (Å²) in [5.74, 6) is 4.31. The number of Topliss-reactive ketones (excluding diaryl/α,β-unsaturated/α-hetero) is 1. The topological polar surface area (TPSA) is 68.0 Å². The third kappa shape index (κ3) is 3.40. The van der Waals surface area contributed by atoms with Gasteiger partial charge in [-0.05, 0) is 111 Å². The van der Waals surface area contributed by atoms with Crippen molar-refractivity contribution >= 4 is 16.8 Å². The first-order valence-corrected chi connectivity index (χ1v) is 13.5. The summed E-state index contributed by atoms with van der Waals surface area (Å²) in [6.45, 7) is 4.93. The van der Waals surface area contributed by atoms with E-state index in [0.717, 1.165) is 54.5 Å². The largest absolute Gasteiger partial charge is 0.390 e. The van der Waals surface area contributed by atoms with E-state index in [1.54, 1.807) is 0 Å². The van der Waals surface area contributed by atoms with Crippen LogP contribution in [-0.4, -0.2) is 31.5 Å². The Morgan fingerprint density at radius 1 is 1.06 bits per heavy atom. The molecule has 2 aromatic rings. The number of hydrogen-bond acceptors (Lipinski definition) is 4. The molecule has 4 saturated carbocycles. The van der Waals surface area contributed by atoms with Gasteiger partial charge in [-0.3, -0.25) is 4.79 Å². The molecule has 5 nitrogen and oxygen atoms in total. The van der Waals surface area contributed by atoms with Gasteiger partial charge in [-0.1, -0.05) is 31.2 Å². The molecule has 1 unspecified atom stereocenters. The van der Waals surface area contributed by atoms with Crippen LogP contribution in [0, 0.1) is 40.9 Å². The van der Waals surface area contributed by atoms with Crippen LogP contribution in [0.25, 0.3) is 11.0 Å². The summed E-state index contributed by atoms with van der Waals surface area (Å²) in [4.78, 5) is 13.6. The molecule has 6 rings (SSSR count). The molecule has 1 aromatic carbocycles. The van der Waals surface area contributed by atoms with Crippen molar-refractivity contribution < 1.29 is 9.90 Å². The van der Waals surface area contributed by atoms with Gasteiger partial charge in [0, 0.05) is 5.92 Å². The van der Waals surface area contributed by atoms with E-state index in [9.17, 15) is 9.90 Å². The number of para-hydroxylation sites is 1. The lowest BCUT2D eigenvalue weighted by Crippen LogP contribution is -2.51. The molecular weight excluding hydrogens is 410 g/mol. The number of nitrogens with zero attached hydrogens (tertiary/aromatic N) is 3. The summed E-state index contributed by atoms with van der Waals surface area (Å²) >= 11 is 0. The molecular formula is C28H39N3O2. The van der Waals surface area contributed by atoms with E-state index < -0.39 is 5.60 Å². The standard InChI is InChI=1S/C28H39N3O2/c1-3-28(33)15-13-19-18(16-28)8-9-21-20(19)12-14-27(2)22(21)10-11-23(27)26(32)17-31-25-7-5-4-6-24(25)29-30-31/h4-7,18-23,33H,3,8-17H2,1-2H3/t18-,19+,20+,21?,22-,23+,27-,28+/m0/s1. The van der Waals surface area contributed by atoms with E-state index in [4.69, 9.17) is 0 Å². The Kier molecular flexibility index (Phi) is 5.21. The van der Waals surface area contributed by atoms with Crippen molar-refractivity contribution in [1.29, 1.82) is 0 Å². The molecule has 0 saturated heterocycles. The normalized spacial score (nSPS) is 42.5. The van der Waals surface area contributed by atoms with Gasteiger partial charge in [-0.25, -0.2) is 4.68 Å². The van der Waals surface area contributed by atoms with Gasteiger partial charge in [0.05, 0.1) is 11.1 Å². The number of fused-ring (bicyclic) bond motifs is 6. The zero-order valence-corrected chi connectivity index (χ0v) is 20.2. The molecule has 0 radical (unpaired) electrons. The van der Waals surface area contributed by atoms with E-state index >= 15 is 0 Å². The van der Waals surface area contributed by atoms with Crippen molar-refractivity contribution in [2.24, 2.45) is 40.9 Å². The van der Waals surface area contributed by atoms with Gasteiger partial charge in [-0.15, -0.1) is 5.10 Å². The van der Waals surface area contributed by atoms with Crippen LogP contribution in [0.4, 0.5) is 0 Å². The number of hydrogen-bond donors (Lipinski definition) is 1. The molecule has 33 heavy (non-hydrogen) atoms. The minimum absolute atomic E-state index is 0.139.